The Kier molecular flexibility index (Phi) is 6.53. The standard InChI is InChI=1S/C18H29ClN2/c1-4-20-18(16-6-5-7-17(19)12-16)10-11-21(14(2)3)13-15-8-9-15/h5-7,12,14-15,18,20H,4,8-11,13H2,1-3H3. The average molecular weight is 309 g/mol. The number of nitrogens with one attached hydrogen (secondary N) is 1. The largest absolute Gasteiger partial charge is 0.310 e. The van der Waals surface area contributed by atoms with Crippen LogP contribution in [0.4, 0.5) is 0 Å². The summed E-state index contributed by atoms with van der Waals surface area (Å²) in [6.07, 6.45) is 3.99. The van der Waals surface area contributed by atoms with Gasteiger partial charge in [-0.15, -0.1) is 0 Å². The maximum Gasteiger partial charge on any atom is 0.0409 e. The molecule has 0 amide bonds. The Morgan fingerprint density at radius 3 is 2.67 bits per heavy atom. The first-order valence-electron chi connectivity index (χ1n) is 8.33. The molecular weight excluding hydrogens is 280 g/mol. The van der Waals surface area contributed by atoms with Gasteiger partial charge in [0.05, 0.1) is 0 Å². The smallest absolute Gasteiger partial charge is 0.0409 e. The summed E-state index contributed by atoms with van der Waals surface area (Å²) in [5.74, 6) is 0.955. The SMILES string of the molecule is CCNC(CCN(CC1CC1)C(C)C)c1cccc(Cl)c1. The van der Waals surface area contributed by atoms with Crippen LogP contribution in [-0.2, 0) is 0 Å². The summed E-state index contributed by atoms with van der Waals surface area (Å²) in [6.45, 7) is 10.2. The zero-order valence-electron chi connectivity index (χ0n) is 13.6. The van der Waals surface area contributed by atoms with Crippen molar-refractivity contribution in [2.75, 3.05) is 19.6 Å². The molecule has 21 heavy (non-hydrogen) atoms. The number of hydrogen-bond acceptors (Lipinski definition) is 2. The minimum absolute atomic E-state index is 0.397. The zero-order valence-corrected chi connectivity index (χ0v) is 14.4. The third-order valence-electron chi connectivity index (χ3n) is 4.33. The van der Waals surface area contributed by atoms with Gasteiger partial charge in [-0.05, 0) is 63.3 Å². The van der Waals surface area contributed by atoms with E-state index in [2.05, 4.69) is 43.1 Å². The van der Waals surface area contributed by atoms with Gasteiger partial charge in [-0.3, -0.25) is 0 Å². The number of nitrogens with zero attached hydrogens (tertiary/aromatic N) is 1. The van der Waals surface area contributed by atoms with Gasteiger partial charge in [-0.1, -0.05) is 30.7 Å². The lowest BCUT2D eigenvalue weighted by Gasteiger charge is -2.29. The Morgan fingerprint density at radius 1 is 1.33 bits per heavy atom. The van der Waals surface area contributed by atoms with Crippen molar-refractivity contribution in [3.05, 3.63) is 34.9 Å². The summed E-state index contributed by atoms with van der Waals surface area (Å²) < 4.78 is 0. The number of halogens is 1. The van der Waals surface area contributed by atoms with Crippen LogP contribution >= 0.6 is 11.6 Å². The maximum absolute atomic E-state index is 6.14. The van der Waals surface area contributed by atoms with E-state index in [0.717, 1.165) is 30.5 Å². The van der Waals surface area contributed by atoms with Crippen molar-refractivity contribution in [2.24, 2.45) is 5.92 Å². The van der Waals surface area contributed by atoms with Crippen LogP contribution in [0.2, 0.25) is 5.02 Å². The van der Waals surface area contributed by atoms with E-state index in [1.54, 1.807) is 0 Å². The quantitative estimate of drug-likeness (QED) is 0.722. The highest BCUT2D eigenvalue weighted by molar-refractivity contribution is 6.30. The molecule has 2 rings (SSSR count). The molecular formula is C18H29ClN2. The predicted molar refractivity (Wildman–Crippen MR) is 91.9 cm³/mol. The second-order valence-electron chi connectivity index (χ2n) is 6.49. The Hall–Kier alpha value is -0.570. The molecule has 0 aromatic heterocycles. The van der Waals surface area contributed by atoms with Gasteiger partial charge in [0.1, 0.15) is 0 Å². The normalized spacial score (nSPS) is 16.7. The van der Waals surface area contributed by atoms with Crippen LogP contribution in [-0.4, -0.2) is 30.6 Å². The summed E-state index contributed by atoms with van der Waals surface area (Å²) in [4.78, 5) is 2.63. The van der Waals surface area contributed by atoms with Crippen LogP contribution in [0.1, 0.15) is 51.6 Å². The van der Waals surface area contributed by atoms with Crippen LogP contribution in [0.5, 0.6) is 0 Å². The van der Waals surface area contributed by atoms with Gasteiger partial charge in [0.15, 0.2) is 0 Å². The van der Waals surface area contributed by atoms with Crippen molar-refractivity contribution < 1.29 is 0 Å². The molecule has 0 aliphatic heterocycles. The van der Waals surface area contributed by atoms with E-state index in [4.69, 9.17) is 11.6 Å². The molecule has 0 heterocycles. The van der Waals surface area contributed by atoms with E-state index < -0.39 is 0 Å². The molecule has 1 fully saturated rings. The van der Waals surface area contributed by atoms with Crippen LogP contribution in [0.15, 0.2) is 24.3 Å². The molecule has 3 heteroatoms. The minimum atomic E-state index is 0.397. The fourth-order valence-electron chi connectivity index (χ4n) is 2.84. The van der Waals surface area contributed by atoms with E-state index in [1.807, 2.05) is 12.1 Å². The van der Waals surface area contributed by atoms with Gasteiger partial charge in [0, 0.05) is 30.2 Å². The van der Waals surface area contributed by atoms with Crippen molar-refractivity contribution in [1.29, 1.82) is 0 Å². The molecule has 2 nitrogen and oxygen atoms in total. The lowest BCUT2D eigenvalue weighted by Crippen LogP contribution is -2.36. The molecule has 0 bridgehead atoms. The molecule has 1 atom stereocenters. The fourth-order valence-corrected chi connectivity index (χ4v) is 3.04. The first-order valence-corrected chi connectivity index (χ1v) is 8.70. The van der Waals surface area contributed by atoms with Gasteiger partial charge in [-0.2, -0.15) is 0 Å². The molecule has 118 valence electrons. The molecule has 1 unspecified atom stereocenters. The molecule has 0 spiro atoms. The second-order valence-corrected chi connectivity index (χ2v) is 6.92. The summed E-state index contributed by atoms with van der Waals surface area (Å²) in [5, 5.41) is 4.43. The predicted octanol–water partition coefficient (Wildman–Crippen LogP) is 4.50. The van der Waals surface area contributed by atoms with Gasteiger partial charge in [-0.25, -0.2) is 0 Å². The van der Waals surface area contributed by atoms with E-state index in [0.29, 0.717) is 12.1 Å². The molecule has 1 aliphatic carbocycles. The highest BCUT2D eigenvalue weighted by Gasteiger charge is 2.25. The third-order valence-corrected chi connectivity index (χ3v) is 4.56. The first-order chi connectivity index (χ1) is 10.1. The molecule has 1 aromatic rings. The summed E-state index contributed by atoms with van der Waals surface area (Å²) >= 11 is 6.14. The van der Waals surface area contributed by atoms with E-state index in [9.17, 15) is 0 Å². The fraction of sp³-hybridized carbons (Fsp3) is 0.667. The van der Waals surface area contributed by atoms with Crippen LogP contribution in [0.3, 0.4) is 0 Å². The van der Waals surface area contributed by atoms with E-state index >= 15 is 0 Å². The van der Waals surface area contributed by atoms with Crippen molar-refractivity contribution in [3.63, 3.8) is 0 Å². The monoisotopic (exact) mass is 308 g/mol. The maximum atomic E-state index is 6.14. The summed E-state index contributed by atoms with van der Waals surface area (Å²) in [6, 6.07) is 9.30. The average Bonchev–Trinajstić information content (AvgIpc) is 3.25. The van der Waals surface area contributed by atoms with Gasteiger partial charge in [0.25, 0.3) is 0 Å². The number of rotatable bonds is 9. The second kappa shape index (κ2) is 8.17. The van der Waals surface area contributed by atoms with Crippen molar-refractivity contribution in [2.45, 2.75) is 52.1 Å². The first kappa shape index (κ1) is 16.8. The minimum Gasteiger partial charge on any atom is -0.310 e. The lowest BCUT2D eigenvalue weighted by molar-refractivity contribution is 0.201. The van der Waals surface area contributed by atoms with Gasteiger partial charge < -0.3 is 10.2 Å². The molecule has 1 aliphatic rings. The highest BCUT2D eigenvalue weighted by Crippen LogP contribution is 2.30. The van der Waals surface area contributed by atoms with Crippen molar-refractivity contribution in [1.82, 2.24) is 10.2 Å². The Labute approximate surface area is 134 Å². The molecule has 0 radical (unpaired) electrons. The van der Waals surface area contributed by atoms with Crippen molar-refractivity contribution >= 4 is 11.6 Å². The zero-order chi connectivity index (χ0) is 15.2. The molecule has 0 saturated heterocycles. The summed E-state index contributed by atoms with van der Waals surface area (Å²) in [5.41, 5.74) is 1.31. The number of benzene rings is 1. The number of hydrogen-bond donors (Lipinski definition) is 1. The Morgan fingerprint density at radius 2 is 2.10 bits per heavy atom. The van der Waals surface area contributed by atoms with Crippen LogP contribution in [0, 0.1) is 5.92 Å². The Bertz CT molecular complexity index is 429. The molecule has 1 saturated carbocycles. The third kappa shape index (κ3) is 5.61. The Balaban J connectivity index is 1.94. The van der Waals surface area contributed by atoms with Gasteiger partial charge in [0.2, 0.25) is 0 Å². The molecule has 1 aromatic carbocycles. The van der Waals surface area contributed by atoms with Crippen LogP contribution < -0.4 is 5.32 Å². The molecule has 1 N–H and O–H groups in total. The topological polar surface area (TPSA) is 15.3 Å². The van der Waals surface area contributed by atoms with Crippen molar-refractivity contribution in [3.8, 4) is 0 Å². The lowest BCUT2D eigenvalue weighted by atomic mass is 10.0. The van der Waals surface area contributed by atoms with Gasteiger partial charge >= 0.3 is 0 Å². The summed E-state index contributed by atoms with van der Waals surface area (Å²) in [7, 11) is 0. The van der Waals surface area contributed by atoms with E-state index in [-0.39, 0.29) is 0 Å². The van der Waals surface area contributed by atoms with Crippen LogP contribution in [0.25, 0.3) is 0 Å². The van der Waals surface area contributed by atoms with E-state index in [1.165, 1.54) is 24.9 Å². The highest BCUT2D eigenvalue weighted by atomic mass is 35.5.